The number of piperidine rings is 1. The van der Waals surface area contributed by atoms with E-state index in [2.05, 4.69) is 67.9 Å². The molecule has 3 aliphatic heterocycles. The number of nitrogens with zero attached hydrogens (tertiary/aromatic N) is 4. The summed E-state index contributed by atoms with van der Waals surface area (Å²) < 4.78 is 54.2. The Morgan fingerprint density at radius 2 is 1.77 bits per heavy atom. The lowest BCUT2D eigenvalue weighted by atomic mass is 9.70. The molecule has 3 atom stereocenters. The largest absolute Gasteiger partial charge is 0.489 e. The summed E-state index contributed by atoms with van der Waals surface area (Å²) in [4.78, 5) is 38.4. The van der Waals surface area contributed by atoms with E-state index < -0.39 is 37.0 Å². The standard InChI is InChI=1S/C53H65N7O10S/c1-33(2)38-8-5-6-9-39(38)40-10-7-11-43(40)59-31-53(32-59)19-22-58(23-20-53)36-12-13-41(45(27-36)70-47-26-35-16-21-54-49(35)56-51(47)68-25-24-67-4)50(61)57-71(65,66)37-28-44(60(63)64)48-46(29-37)69-30-42(55-48)34-14-17-52(3,62)18-15-34/h5-6,8-9,12-13,16,21,26-29,33-34,40,42-43,55,62H,7,10-11,14-15,17-20,22-25,30-32H2,1-4H3,(H,54,56)(H,57,61)/t34-,40-,42-,43-,52-/m1/s1. The van der Waals surface area contributed by atoms with Crippen LogP contribution in [0.15, 0.2) is 77.8 Å². The molecule has 1 spiro atoms. The first-order valence-electron chi connectivity index (χ1n) is 25.1. The number of amides is 1. The van der Waals surface area contributed by atoms with Crippen molar-refractivity contribution in [2.45, 2.75) is 113 Å². The lowest BCUT2D eigenvalue weighted by Gasteiger charge is -2.57. The minimum atomic E-state index is -4.72. The fourth-order valence-corrected chi connectivity index (χ4v) is 12.9. The fraction of sp³-hybridized carbons (Fsp3) is 0.509. The molecule has 17 nitrogen and oxygen atoms in total. The number of hydrogen-bond acceptors (Lipinski definition) is 14. The maximum atomic E-state index is 14.4. The number of carbonyl (C=O) groups excluding carboxylic acids is 1. The van der Waals surface area contributed by atoms with Gasteiger partial charge < -0.3 is 39.3 Å². The van der Waals surface area contributed by atoms with Crippen LogP contribution in [0.2, 0.25) is 0 Å². The van der Waals surface area contributed by atoms with Gasteiger partial charge in [-0.05, 0) is 117 Å². The van der Waals surface area contributed by atoms with E-state index in [1.165, 1.54) is 36.5 Å². The minimum absolute atomic E-state index is 0.0128. The lowest BCUT2D eigenvalue weighted by molar-refractivity contribution is -0.384. The number of fused-ring (bicyclic) bond motifs is 2. The summed E-state index contributed by atoms with van der Waals surface area (Å²) in [5.74, 6) is 0.509. The Kier molecular flexibility index (Phi) is 13.4. The smallest absolute Gasteiger partial charge is 0.297 e. The van der Waals surface area contributed by atoms with Crippen LogP contribution in [0, 0.1) is 21.4 Å². The highest BCUT2D eigenvalue weighted by molar-refractivity contribution is 7.90. The zero-order chi connectivity index (χ0) is 49.7. The van der Waals surface area contributed by atoms with E-state index in [1.54, 1.807) is 44.5 Å². The third-order valence-electron chi connectivity index (χ3n) is 15.9. The van der Waals surface area contributed by atoms with Crippen molar-refractivity contribution in [3.63, 3.8) is 0 Å². The first kappa shape index (κ1) is 48.7. The number of ether oxygens (including phenoxy) is 4. The summed E-state index contributed by atoms with van der Waals surface area (Å²) in [6, 6.07) is 20.0. The number of methoxy groups -OCH3 is 1. The van der Waals surface area contributed by atoms with E-state index >= 15 is 0 Å². The summed E-state index contributed by atoms with van der Waals surface area (Å²) in [7, 11) is -3.16. The molecule has 10 rings (SSSR count). The van der Waals surface area contributed by atoms with Crippen molar-refractivity contribution in [3.05, 3.63) is 99.7 Å². The molecular weight excluding hydrogens is 927 g/mol. The molecule has 2 aliphatic carbocycles. The van der Waals surface area contributed by atoms with Crippen LogP contribution in [-0.2, 0) is 14.8 Å². The first-order chi connectivity index (χ1) is 34.1. The number of nitro groups is 1. The number of aromatic amines is 1. The summed E-state index contributed by atoms with van der Waals surface area (Å²) >= 11 is 0. The molecule has 2 aromatic heterocycles. The molecule has 4 N–H and O–H groups in total. The normalized spacial score (nSPS) is 24.2. The molecule has 18 heteroatoms. The average Bonchev–Trinajstić information content (AvgIpc) is 4.02. The van der Waals surface area contributed by atoms with Gasteiger partial charge in [-0.3, -0.25) is 19.8 Å². The number of likely N-dealkylation sites (tertiary alicyclic amines) is 1. The van der Waals surface area contributed by atoms with Crippen molar-refractivity contribution in [2.24, 2.45) is 11.3 Å². The van der Waals surface area contributed by atoms with Gasteiger partial charge in [0.25, 0.3) is 27.5 Å². The fourth-order valence-electron chi connectivity index (χ4n) is 11.9. The van der Waals surface area contributed by atoms with Crippen molar-refractivity contribution in [3.8, 4) is 23.1 Å². The Morgan fingerprint density at radius 3 is 2.52 bits per heavy atom. The molecule has 5 aromatic rings. The van der Waals surface area contributed by atoms with Crippen LogP contribution in [0.3, 0.4) is 0 Å². The van der Waals surface area contributed by atoms with Gasteiger partial charge in [-0.1, -0.05) is 44.5 Å². The van der Waals surface area contributed by atoms with Crippen LogP contribution >= 0.6 is 0 Å². The van der Waals surface area contributed by atoms with Crippen molar-refractivity contribution < 1.29 is 42.2 Å². The molecule has 5 heterocycles. The maximum Gasteiger partial charge on any atom is 0.297 e. The number of hydrogen-bond donors (Lipinski definition) is 4. The van der Waals surface area contributed by atoms with E-state index in [9.17, 15) is 28.4 Å². The Labute approximate surface area is 414 Å². The van der Waals surface area contributed by atoms with E-state index in [0.717, 1.165) is 56.2 Å². The predicted molar refractivity (Wildman–Crippen MR) is 270 cm³/mol. The number of nitro benzene ring substituents is 1. The number of aliphatic hydroxyl groups is 1. The number of carbonyl (C=O) groups is 1. The zero-order valence-electron chi connectivity index (χ0n) is 40.9. The number of aromatic nitrogens is 2. The summed E-state index contributed by atoms with van der Waals surface area (Å²) in [5.41, 5.74) is 3.28. The van der Waals surface area contributed by atoms with E-state index in [4.69, 9.17) is 18.9 Å². The number of benzene rings is 3. The van der Waals surface area contributed by atoms with Crippen LogP contribution in [0.5, 0.6) is 23.1 Å². The number of sulfonamides is 1. The second kappa shape index (κ2) is 19.6. The first-order valence-corrected chi connectivity index (χ1v) is 26.6. The van der Waals surface area contributed by atoms with E-state index in [-0.39, 0.29) is 71.6 Å². The third kappa shape index (κ3) is 10.00. The SMILES string of the molecule is COCCOc1nc2[nH]ccc2cc1Oc1cc(N2CCC3(CC2)CN([C@@H]2CCC[C@@H]2c2ccccc2C(C)C)C3)ccc1C(=O)NS(=O)(=O)c1cc2c(c([N+](=O)[O-])c1)N[C@@H]([C@H]1CC[C@](C)(O)CC1)CO2. The van der Waals surface area contributed by atoms with Gasteiger partial charge in [0, 0.05) is 74.8 Å². The molecule has 0 radical (unpaired) electrons. The molecule has 71 heavy (non-hydrogen) atoms. The Bertz CT molecular complexity index is 2900. The van der Waals surface area contributed by atoms with Gasteiger partial charge >= 0.3 is 0 Å². The second-order valence-electron chi connectivity index (χ2n) is 21.0. The number of pyridine rings is 1. The summed E-state index contributed by atoms with van der Waals surface area (Å²) in [6.07, 6.45) is 10.0. The number of anilines is 2. The van der Waals surface area contributed by atoms with E-state index in [0.29, 0.717) is 49.2 Å². The quantitative estimate of drug-likeness (QED) is 0.0439. The molecule has 1 amide bonds. The van der Waals surface area contributed by atoms with Crippen molar-refractivity contribution in [1.29, 1.82) is 0 Å². The zero-order valence-corrected chi connectivity index (χ0v) is 41.8. The summed E-state index contributed by atoms with van der Waals surface area (Å²) in [5, 5.41) is 26.9. The molecule has 0 unspecified atom stereocenters. The van der Waals surface area contributed by atoms with Crippen LogP contribution in [0.4, 0.5) is 17.1 Å². The molecule has 3 aromatic carbocycles. The van der Waals surface area contributed by atoms with Crippen LogP contribution in [-0.4, -0.2) is 110 Å². The highest BCUT2D eigenvalue weighted by Gasteiger charge is 2.49. The van der Waals surface area contributed by atoms with Gasteiger partial charge in [-0.15, -0.1) is 0 Å². The van der Waals surface area contributed by atoms with Gasteiger partial charge in [0.1, 0.15) is 24.6 Å². The van der Waals surface area contributed by atoms with Gasteiger partial charge in [0.2, 0.25) is 0 Å². The van der Waals surface area contributed by atoms with Gasteiger partial charge in [0.05, 0.1) is 33.6 Å². The average molecular weight is 992 g/mol. The number of H-pyrrole nitrogens is 1. The predicted octanol–water partition coefficient (Wildman–Crippen LogP) is 8.88. The van der Waals surface area contributed by atoms with Gasteiger partial charge in [0.15, 0.2) is 17.2 Å². The van der Waals surface area contributed by atoms with Gasteiger partial charge in [-0.2, -0.15) is 4.98 Å². The molecule has 378 valence electrons. The minimum Gasteiger partial charge on any atom is -0.489 e. The molecule has 0 bridgehead atoms. The van der Waals surface area contributed by atoms with Crippen LogP contribution in [0.25, 0.3) is 11.0 Å². The maximum absolute atomic E-state index is 14.4. The monoisotopic (exact) mass is 991 g/mol. The van der Waals surface area contributed by atoms with Crippen molar-refractivity contribution >= 4 is 44.0 Å². The number of nitrogens with one attached hydrogen (secondary N) is 3. The highest BCUT2D eigenvalue weighted by Crippen LogP contribution is 2.49. The van der Waals surface area contributed by atoms with Crippen LogP contribution < -0.4 is 29.1 Å². The van der Waals surface area contributed by atoms with Crippen LogP contribution in [0.1, 0.15) is 112 Å². The molecule has 4 fully saturated rings. The van der Waals surface area contributed by atoms with Crippen molar-refractivity contribution in [1.82, 2.24) is 19.6 Å². The molecule has 2 saturated carbocycles. The second-order valence-corrected chi connectivity index (χ2v) is 22.7. The molecule has 5 aliphatic rings. The Morgan fingerprint density at radius 1 is 1.00 bits per heavy atom. The van der Waals surface area contributed by atoms with Gasteiger partial charge in [-0.25, -0.2) is 13.1 Å². The third-order valence-corrected chi connectivity index (χ3v) is 17.2. The molecular formula is C53H65N7O10S. The van der Waals surface area contributed by atoms with Crippen molar-refractivity contribution in [2.75, 3.05) is 63.3 Å². The topological polar surface area (TPSA) is 211 Å². The summed E-state index contributed by atoms with van der Waals surface area (Å²) in [6.45, 7) is 10.7. The lowest BCUT2D eigenvalue weighted by Crippen LogP contribution is -2.63. The Balaban J connectivity index is 0.889. The number of rotatable bonds is 15. The van der Waals surface area contributed by atoms with E-state index in [1.807, 2.05) is 6.07 Å². The Hall–Kier alpha value is -5.95. The molecule has 2 saturated heterocycles. The highest BCUT2D eigenvalue weighted by atomic mass is 32.2.